The fraction of sp³-hybridized carbons (Fsp3) is 0.417. The molecule has 0 radical (unpaired) electrons. The van der Waals surface area contributed by atoms with Gasteiger partial charge in [-0.05, 0) is 17.7 Å². The SMILES string of the molecule is CS(=O)(=O)[C@@H]1[C@@H](C(=O)O)[C@H]1c1ccc2c(c1)OCO2. The number of benzene rings is 1. The molecule has 0 amide bonds. The monoisotopic (exact) mass is 284 g/mol. The molecule has 3 rings (SSSR count). The normalized spacial score (nSPS) is 28.2. The van der Waals surface area contributed by atoms with Crippen molar-refractivity contribution in [2.45, 2.75) is 11.2 Å². The van der Waals surface area contributed by atoms with Crippen LogP contribution in [0, 0.1) is 5.92 Å². The zero-order valence-electron chi connectivity index (χ0n) is 10.1. The van der Waals surface area contributed by atoms with Gasteiger partial charge >= 0.3 is 5.97 Å². The summed E-state index contributed by atoms with van der Waals surface area (Å²) in [5, 5.41) is 8.24. The van der Waals surface area contributed by atoms with Crippen molar-refractivity contribution in [3.63, 3.8) is 0 Å². The summed E-state index contributed by atoms with van der Waals surface area (Å²) in [6, 6.07) is 5.03. The molecule has 19 heavy (non-hydrogen) atoms. The van der Waals surface area contributed by atoms with Crippen molar-refractivity contribution in [1.29, 1.82) is 0 Å². The number of carboxylic acids is 1. The summed E-state index contributed by atoms with van der Waals surface area (Å²) in [5.74, 6) is -1.36. The van der Waals surface area contributed by atoms with Crippen LogP contribution in [-0.2, 0) is 14.6 Å². The molecule has 1 N–H and O–H groups in total. The van der Waals surface area contributed by atoms with Gasteiger partial charge in [-0.25, -0.2) is 8.42 Å². The third-order valence-corrected chi connectivity index (χ3v) is 5.09. The molecule has 3 atom stereocenters. The molecule has 0 unspecified atom stereocenters. The second kappa shape index (κ2) is 3.86. The fourth-order valence-electron chi connectivity index (χ4n) is 2.63. The predicted molar refractivity (Wildman–Crippen MR) is 65.1 cm³/mol. The van der Waals surface area contributed by atoms with E-state index < -0.39 is 32.9 Å². The van der Waals surface area contributed by atoms with Gasteiger partial charge in [-0.15, -0.1) is 0 Å². The number of rotatable bonds is 3. The first-order chi connectivity index (χ1) is 8.89. The van der Waals surface area contributed by atoms with Gasteiger partial charge in [0.2, 0.25) is 6.79 Å². The molecular weight excluding hydrogens is 272 g/mol. The summed E-state index contributed by atoms with van der Waals surface area (Å²) in [6.45, 7) is 0.126. The van der Waals surface area contributed by atoms with Crippen molar-refractivity contribution in [2.24, 2.45) is 5.92 Å². The first-order valence-electron chi connectivity index (χ1n) is 5.71. The highest BCUT2D eigenvalue weighted by Crippen LogP contribution is 2.53. The Bertz CT molecular complexity index is 650. The van der Waals surface area contributed by atoms with Gasteiger partial charge in [0, 0.05) is 12.2 Å². The van der Waals surface area contributed by atoms with Crippen molar-refractivity contribution in [3.8, 4) is 11.5 Å². The number of hydrogen-bond acceptors (Lipinski definition) is 5. The van der Waals surface area contributed by atoms with Crippen LogP contribution < -0.4 is 9.47 Å². The van der Waals surface area contributed by atoms with Crippen molar-refractivity contribution >= 4 is 15.8 Å². The first-order valence-corrected chi connectivity index (χ1v) is 7.66. The Hall–Kier alpha value is -1.76. The van der Waals surface area contributed by atoms with E-state index in [0.717, 1.165) is 6.26 Å². The van der Waals surface area contributed by atoms with E-state index in [1.165, 1.54) is 0 Å². The summed E-state index contributed by atoms with van der Waals surface area (Å²) >= 11 is 0. The van der Waals surface area contributed by atoms with Gasteiger partial charge < -0.3 is 14.6 Å². The molecule has 1 heterocycles. The summed E-state index contributed by atoms with van der Waals surface area (Å²) in [7, 11) is -3.39. The van der Waals surface area contributed by atoms with Crippen LogP contribution in [0.15, 0.2) is 18.2 Å². The quantitative estimate of drug-likeness (QED) is 0.875. The molecule has 1 aromatic carbocycles. The van der Waals surface area contributed by atoms with E-state index in [2.05, 4.69) is 0 Å². The van der Waals surface area contributed by atoms with Gasteiger partial charge in [-0.3, -0.25) is 4.79 Å². The Morgan fingerprint density at radius 1 is 1.32 bits per heavy atom. The smallest absolute Gasteiger partial charge is 0.308 e. The summed E-state index contributed by atoms with van der Waals surface area (Å²) < 4.78 is 33.6. The van der Waals surface area contributed by atoms with Crippen molar-refractivity contribution in [3.05, 3.63) is 23.8 Å². The molecule has 1 fully saturated rings. The number of carboxylic acid groups (broad SMARTS) is 1. The molecule has 1 aliphatic carbocycles. The Balaban J connectivity index is 1.96. The highest BCUT2D eigenvalue weighted by molar-refractivity contribution is 7.91. The molecule has 2 aliphatic rings. The van der Waals surface area contributed by atoms with Crippen LogP contribution in [0.25, 0.3) is 0 Å². The van der Waals surface area contributed by atoms with E-state index in [1.54, 1.807) is 18.2 Å². The lowest BCUT2D eigenvalue weighted by Gasteiger charge is -2.01. The lowest BCUT2D eigenvalue weighted by Crippen LogP contribution is -2.10. The Labute approximate surface area is 109 Å². The summed E-state index contributed by atoms with van der Waals surface area (Å²) in [6.07, 6.45) is 1.07. The van der Waals surface area contributed by atoms with Crippen LogP contribution >= 0.6 is 0 Å². The number of aliphatic carboxylic acids is 1. The third-order valence-electron chi connectivity index (χ3n) is 3.51. The van der Waals surface area contributed by atoms with Gasteiger partial charge in [0.15, 0.2) is 21.3 Å². The van der Waals surface area contributed by atoms with Crippen molar-refractivity contribution < 1.29 is 27.8 Å². The molecule has 1 aromatic rings. The van der Waals surface area contributed by atoms with Crippen LogP contribution in [0.5, 0.6) is 11.5 Å². The average Bonchev–Trinajstić information content (AvgIpc) is 2.93. The molecule has 102 valence electrons. The van der Waals surface area contributed by atoms with Crippen molar-refractivity contribution in [2.75, 3.05) is 13.0 Å². The van der Waals surface area contributed by atoms with E-state index in [4.69, 9.17) is 14.6 Å². The predicted octanol–water partition coefficient (Wildman–Crippen LogP) is 0.626. The topological polar surface area (TPSA) is 89.9 Å². The number of ether oxygens (including phenoxy) is 2. The number of carbonyl (C=O) groups is 1. The molecule has 7 heteroatoms. The zero-order valence-corrected chi connectivity index (χ0v) is 10.9. The van der Waals surface area contributed by atoms with Crippen LogP contribution in [-0.4, -0.2) is 37.8 Å². The Kier molecular flexibility index (Phi) is 2.50. The molecule has 1 saturated carbocycles. The molecule has 0 aromatic heterocycles. The van der Waals surface area contributed by atoms with Crippen LogP contribution in [0.4, 0.5) is 0 Å². The zero-order chi connectivity index (χ0) is 13.8. The minimum Gasteiger partial charge on any atom is -0.481 e. The molecule has 0 bridgehead atoms. The molecule has 0 saturated heterocycles. The number of sulfone groups is 1. The first kappa shape index (κ1) is 12.3. The van der Waals surface area contributed by atoms with E-state index in [0.29, 0.717) is 17.1 Å². The van der Waals surface area contributed by atoms with Crippen LogP contribution in [0.3, 0.4) is 0 Å². The Morgan fingerprint density at radius 2 is 2.00 bits per heavy atom. The fourth-order valence-corrected chi connectivity index (χ4v) is 4.21. The highest BCUT2D eigenvalue weighted by Gasteiger charge is 2.61. The average molecular weight is 284 g/mol. The maximum Gasteiger partial charge on any atom is 0.308 e. The van der Waals surface area contributed by atoms with Gasteiger partial charge in [0.25, 0.3) is 0 Å². The molecular formula is C12H12O6S. The van der Waals surface area contributed by atoms with Gasteiger partial charge in [-0.2, -0.15) is 0 Å². The van der Waals surface area contributed by atoms with Crippen molar-refractivity contribution in [1.82, 2.24) is 0 Å². The van der Waals surface area contributed by atoms with Crippen LogP contribution in [0.2, 0.25) is 0 Å². The maximum atomic E-state index is 11.6. The van der Waals surface area contributed by atoms with E-state index >= 15 is 0 Å². The summed E-state index contributed by atoms with van der Waals surface area (Å²) in [5.41, 5.74) is 0.659. The third kappa shape index (κ3) is 1.94. The molecule has 6 nitrogen and oxygen atoms in total. The molecule has 0 spiro atoms. The molecule has 1 aliphatic heterocycles. The van der Waals surface area contributed by atoms with Gasteiger partial charge in [0.05, 0.1) is 11.2 Å². The lowest BCUT2D eigenvalue weighted by molar-refractivity contribution is -0.138. The van der Waals surface area contributed by atoms with E-state index in [-0.39, 0.29) is 6.79 Å². The van der Waals surface area contributed by atoms with E-state index in [1.807, 2.05) is 0 Å². The second-order valence-electron chi connectivity index (χ2n) is 4.80. The Morgan fingerprint density at radius 3 is 2.58 bits per heavy atom. The van der Waals surface area contributed by atoms with E-state index in [9.17, 15) is 13.2 Å². The van der Waals surface area contributed by atoms with Crippen LogP contribution in [0.1, 0.15) is 11.5 Å². The number of hydrogen-bond donors (Lipinski definition) is 1. The largest absolute Gasteiger partial charge is 0.481 e. The minimum atomic E-state index is -3.39. The van der Waals surface area contributed by atoms with Gasteiger partial charge in [-0.1, -0.05) is 6.07 Å². The van der Waals surface area contributed by atoms with Gasteiger partial charge in [0.1, 0.15) is 0 Å². The standard InChI is InChI=1S/C12H12O6S/c1-19(15,16)11-9(10(11)12(13)14)6-2-3-7-8(4-6)18-5-17-7/h2-4,9-11H,5H2,1H3,(H,13,14)/t9-,10+,11+/m1/s1. The highest BCUT2D eigenvalue weighted by atomic mass is 32.2. The minimum absolute atomic E-state index is 0.126. The maximum absolute atomic E-state index is 11.6. The summed E-state index contributed by atoms with van der Waals surface area (Å²) in [4.78, 5) is 11.1. The number of fused-ring (bicyclic) bond motifs is 1. The lowest BCUT2D eigenvalue weighted by atomic mass is 10.1. The second-order valence-corrected chi connectivity index (χ2v) is 7.00.